The molecule has 0 saturated carbocycles. The van der Waals surface area contributed by atoms with E-state index < -0.39 is 47.0 Å². The van der Waals surface area contributed by atoms with Crippen molar-refractivity contribution in [3.8, 4) is 0 Å². The molecule has 0 aromatic rings. The summed E-state index contributed by atoms with van der Waals surface area (Å²) in [5.74, 6) is -3.83. The van der Waals surface area contributed by atoms with E-state index in [1.165, 1.54) is 4.90 Å². The van der Waals surface area contributed by atoms with Gasteiger partial charge in [0.2, 0.25) is 11.8 Å². The predicted octanol–water partition coefficient (Wildman–Crippen LogP) is 2.06. The lowest BCUT2D eigenvalue weighted by Gasteiger charge is -2.41. The molecule has 0 radical (unpaired) electrons. The van der Waals surface area contributed by atoms with E-state index in [1.54, 1.807) is 17.9 Å². The summed E-state index contributed by atoms with van der Waals surface area (Å²) in [7, 11) is 0. The van der Waals surface area contributed by atoms with E-state index in [0.717, 1.165) is 12.8 Å². The summed E-state index contributed by atoms with van der Waals surface area (Å²) < 4.78 is 6.50. The van der Waals surface area contributed by atoms with Crippen LogP contribution < -0.4 is 0 Å². The lowest BCUT2D eigenvalue weighted by Crippen LogP contribution is -2.60. The number of ether oxygens (including phenoxy) is 1. The number of hydrogen-bond donors (Lipinski definition) is 2. The molecule has 3 fully saturated rings. The van der Waals surface area contributed by atoms with Crippen molar-refractivity contribution >= 4 is 17.8 Å². The van der Waals surface area contributed by atoms with Crippen molar-refractivity contribution in [1.82, 2.24) is 9.80 Å². The number of hydrogen-bond acceptors (Lipinski definition) is 5. The Bertz CT molecular complexity index is 782. The van der Waals surface area contributed by atoms with Gasteiger partial charge in [-0.3, -0.25) is 14.4 Å². The number of carboxylic acids is 1. The molecule has 0 aromatic carbocycles. The van der Waals surface area contributed by atoms with Crippen molar-refractivity contribution in [2.75, 3.05) is 13.2 Å². The number of rotatable bonds is 10. The molecule has 8 nitrogen and oxygen atoms in total. The van der Waals surface area contributed by atoms with Gasteiger partial charge in [0, 0.05) is 12.6 Å². The highest BCUT2D eigenvalue weighted by Gasteiger charge is 2.80. The summed E-state index contributed by atoms with van der Waals surface area (Å²) in [6, 6.07) is -1.62. The van der Waals surface area contributed by atoms with Crippen molar-refractivity contribution in [2.45, 2.75) is 89.6 Å². The lowest BCUT2D eigenvalue weighted by atomic mass is 9.62. The quantitative estimate of drug-likeness (QED) is 0.494. The molecule has 32 heavy (non-hydrogen) atoms. The van der Waals surface area contributed by atoms with Crippen LogP contribution in [0.4, 0.5) is 0 Å². The van der Waals surface area contributed by atoms with Crippen LogP contribution >= 0.6 is 0 Å². The monoisotopic (exact) mass is 450 g/mol. The first-order chi connectivity index (χ1) is 15.0. The minimum absolute atomic E-state index is 0.0750. The van der Waals surface area contributed by atoms with Crippen LogP contribution in [0.5, 0.6) is 0 Å². The molecule has 3 heterocycles. The van der Waals surface area contributed by atoms with E-state index >= 15 is 0 Å². The van der Waals surface area contributed by atoms with Crippen molar-refractivity contribution < 1.29 is 29.3 Å². The highest BCUT2D eigenvalue weighted by atomic mass is 16.5. The number of aliphatic hydroxyl groups is 1. The fraction of sp³-hybridized carbons (Fsp3) is 0.792. The molecule has 8 atom stereocenters. The first-order valence-electron chi connectivity index (χ1n) is 11.8. The van der Waals surface area contributed by atoms with Crippen LogP contribution in [0.15, 0.2) is 12.7 Å². The van der Waals surface area contributed by atoms with Gasteiger partial charge in [-0.15, -0.1) is 6.58 Å². The zero-order valence-electron chi connectivity index (χ0n) is 19.9. The van der Waals surface area contributed by atoms with Gasteiger partial charge in [0.05, 0.1) is 24.2 Å². The Balaban J connectivity index is 2.16. The second-order valence-corrected chi connectivity index (χ2v) is 9.95. The number of fused-ring (bicyclic) bond motifs is 1. The molecule has 4 unspecified atom stereocenters. The summed E-state index contributed by atoms with van der Waals surface area (Å²) in [6.45, 7) is 13.4. The number of carboxylic acid groups (broad SMARTS) is 1. The Morgan fingerprint density at radius 3 is 2.56 bits per heavy atom. The molecule has 2 N–H and O–H groups in total. The number of likely N-dealkylation sites (tertiary alicyclic amines) is 1. The van der Waals surface area contributed by atoms with E-state index in [9.17, 15) is 24.6 Å². The minimum atomic E-state index is -1.21. The standard InChI is InChI=1S/C24H38N2O6/c1-7-10-15(5)25(11-8-2)21(29)19-24-12-14(4)23(6,32-24)18(22(30)31)17(24)20(28)26(19)16(9-3)13-27/h8,14-19,27H,2,7,9-13H2,1,3-6H3,(H,30,31)/t14?,15?,16-,17-,18-,19?,23+,24?/m0/s1. The summed E-state index contributed by atoms with van der Waals surface area (Å²) >= 11 is 0. The van der Waals surface area contributed by atoms with E-state index in [2.05, 4.69) is 6.58 Å². The molecular formula is C24H38N2O6. The third-order valence-corrected chi connectivity index (χ3v) is 8.18. The van der Waals surface area contributed by atoms with Gasteiger partial charge < -0.3 is 24.7 Å². The highest BCUT2D eigenvalue weighted by Crippen LogP contribution is 2.65. The van der Waals surface area contributed by atoms with E-state index in [-0.39, 0.29) is 24.5 Å². The Kier molecular flexibility index (Phi) is 6.78. The van der Waals surface area contributed by atoms with Gasteiger partial charge in [0.15, 0.2) is 0 Å². The normalized spacial score (nSPS) is 37.3. The van der Waals surface area contributed by atoms with Crippen LogP contribution in [0.3, 0.4) is 0 Å². The van der Waals surface area contributed by atoms with Crippen LogP contribution in [0.1, 0.15) is 60.3 Å². The van der Waals surface area contributed by atoms with Crippen molar-refractivity contribution in [1.29, 1.82) is 0 Å². The highest BCUT2D eigenvalue weighted by molar-refractivity contribution is 5.98. The van der Waals surface area contributed by atoms with Crippen LogP contribution in [-0.4, -0.2) is 80.3 Å². The summed E-state index contributed by atoms with van der Waals surface area (Å²) in [5.41, 5.74) is -2.23. The van der Waals surface area contributed by atoms with Gasteiger partial charge in [-0.05, 0) is 39.0 Å². The smallest absolute Gasteiger partial charge is 0.310 e. The second-order valence-electron chi connectivity index (χ2n) is 9.95. The maximum Gasteiger partial charge on any atom is 0.310 e. The Hall–Kier alpha value is -1.93. The number of aliphatic carboxylic acids is 1. The molecule has 8 heteroatoms. The van der Waals surface area contributed by atoms with Crippen LogP contribution in [-0.2, 0) is 19.1 Å². The minimum Gasteiger partial charge on any atom is -0.481 e. The third kappa shape index (κ3) is 3.29. The molecule has 2 amide bonds. The fourth-order valence-corrected chi connectivity index (χ4v) is 6.50. The first-order valence-corrected chi connectivity index (χ1v) is 11.8. The van der Waals surface area contributed by atoms with Crippen LogP contribution in [0, 0.1) is 17.8 Å². The van der Waals surface area contributed by atoms with Gasteiger partial charge >= 0.3 is 5.97 Å². The first kappa shape index (κ1) is 24.7. The average Bonchev–Trinajstić information content (AvgIpc) is 3.24. The molecule has 2 bridgehead atoms. The summed E-state index contributed by atoms with van der Waals surface area (Å²) in [4.78, 5) is 43.4. The molecule has 0 aliphatic carbocycles. The van der Waals surface area contributed by atoms with E-state index in [4.69, 9.17) is 4.74 Å². The molecular weight excluding hydrogens is 412 g/mol. The largest absolute Gasteiger partial charge is 0.481 e. The summed E-state index contributed by atoms with van der Waals surface area (Å²) in [6.07, 6.45) is 4.24. The van der Waals surface area contributed by atoms with Gasteiger partial charge in [0.1, 0.15) is 17.6 Å². The predicted molar refractivity (Wildman–Crippen MR) is 119 cm³/mol. The maximum absolute atomic E-state index is 14.1. The topological polar surface area (TPSA) is 107 Å². The molecule has 3 aliphatic heterocycles. The van der Waals surface area contributed by atoms with Gasteiger partial charge in [-0.2, -0.15) is 0 Å². The zero-order valence-corrected chi connectivity index (χ0v) is 19.9. The van der Waals surface area contributed by atoms with Crippen LogP contribution in [0.25, 0.3) is 0 Å². The number of aliphatic hydroxyl groups excluding tert-OH is 1. The average molecular weight is 451 g/mol. The molecule has 1 spiro atoms. The van der Waals surface area contributed by atoms with Gasteiger partial charge in [0.25, 0.3) is 0 Å². The number of amides is 2. The number of carbonyl (C=O) groups excluding carboxylic acids is 2. The van der Waals surface area contributed by atoms with Crippen molar-refractivity contribution in [3.63, 3.8) is 0 Å². The SMILES string of the molecule is C=CCN(C(=O)C1N([C@@H](CC)CO)C(=O)[C@@H]2[C@@H](C(=O)O)[C@]3(C)OC12CC3C)C(C)CCC. The molecule has 3 rings (SSSR count). The second kappa shape index (κ2) is 8.78. The molecule has 180 valence electrons. The maximum atomic E-state index is 14.1. The Morgan fingerprint density at radius 2 is 2.06 bits per heavy atom. The van der Waals surface area contributed by atoms with Crippen molar-refractivity contribution in [2.24, 2.45) is 17.8 Å². The Morgan fingerprint density at radius 1 is 1.41 bits per heavy atom. The molecule has 3 aliphatic rings. The van der Waals surface area contributed by atoms with Crippen molar-refractivity contribution in [3.05, 3.63) is 12.7 Å². The molecule has 3 saturated heterocycles. The summed E-state index contributed by atoms with van der Waals surface area (Å²) in [5, 5.41) is 20.1. The number of nitrogens with zero attached hydrogens (tertiary/aromatic N) is 2. The van der Waals surface area contributed by atoms with E-state index in [1.807, 2.05) is 27.7 Å². The fourth-order valence-electron chi connectivity index (χ4n) is 6.50. The van der Waals surface area contributed by atoms with Crippen LogP contribution in [0.2, 0.25) is 0 Å². The lowest BCUT2D eigenvalue weighted by molar-refractivity contribution is -0.160. The number of carbonyl (C=O) groups is 3. The van der Waals surface area contributed by atoms with E-state index in [0.29, 0.717) is 19.4 Å². The van der Waals surface area contributed by atoms with Gasteiger partial charge in [-0.25, -0.2) is 0 Å². The van der Waals surface area contributed by atoms with Gasteiger partial charge in [-0.1, -0.05) is 33.3 Å². The zero-order chi connectivity index (χ0) is 24.0. The Labute approximate surface area is 190 Å². The molecule has 0 aromatic heterocycles. The third-order valence-electron chi connectivity index (χ3n) is 8.18.